The lowest BCUT2D eigenvalue weighted by atomic mass is 10.0. The van der Waals surface area contributed by atoms with Crippen LogP contribution in [0.15, 0.2) is 72.8 Å². The number of ketones is 1. The third-order valence-electron chi connectivity index (χ3n) is 5.41. The summed E-state index contributed by atoms with van der Waals surface area (Å²) in [5.74, 6) is 1.33. The number of hydrogen-bond donors (Lipinski definition) is 1. The van der Waals surface area contributed by atoms with Gasteiger partial charge in [0.05, 0.1) is 11.0 Å². The third-order valence-corrected chi connectivity index (χ3v) is 5.41. The molecule has 2 aromatic heterocycles. The van der Waals surface area contributed by atoms with Crippen LogP contribution in [0.1, 0.15) is 34.2 Å². The Morgan fingerprint density at radius 2 is 1.71 bits per heavy atom. The Bertz CT molecular complexity index is 1410. The number of rotatable bonds is 5. The number of aryl methyl sites for hydroxylation is 2. The lowest BCUT2D eigenvalue weighted by molar-refractivity contribution is 0.103. The maximum atomic E-state index is 12.9. The summed E-state index contributed by atoms with van der Waals surface area (Å²) in [6.07, 6.45) is 0.992. The lowest BCUT2D eigenvalue weighted by Gasteiger charge is -2.11. The summed E-state index contributed by atoms with van der Waals surface area (Å²) < 4.78 is 1.94. The Balaban J connectivity index is 1.62. The highest BCUT2D eigenvalue weighted by Crippen LogP contribution is 2.26. The zero-order valence-corrected chi connectivity index (χ0v) is 17.3. The van der Waals surface area contributed by atoms with Crippen LogP contribution in [0, 0.1) is 6.92 Å². The molecule has 0 aliphatic carbocycles. The monoisotopic (exact) mass is 407 g/mol. The molecule has 0 fully saturated rings. The Morgan fingerprint density at radius 1 is 0.935 bits per heavy atom. The predicted molar refractivity (Wildman–Crippen MR) is 122 cm³/mol. The molecule has 0 spiro atoms. The first-order valence-electron chi connectivity index (χ1n) is 10.3. The van der Waals surface area contributed by atoms with E-state index >= 15 is 0 Å². The molecule has 1 N–H and O–H groups in total. The number of carbonyl (C=O) groups is 1. The van der Waals surface area contributed by atoms with Crippen molar-refractivity contribution >= 4 is 34.0 Å². The molecule has 0 unspecified atom stereocenters. The first-order chi connectivity index (χ1) is 15.1. The number of carbonyl (C=O) groups excluding carboxylic acids is 1. The Hall–Kier alpha value is -4.06. The molecular formula is C25H21N5O. The summed E-state index contributed by atoms with van der Waals surface area (Å²) in [6.45, 7) is 4.03. The minimum absolute atomic E-state index is 0.0282. The van der Waals surface area contributed by atoms with Gasteiger partial charge in [-0.25, -0.2) is 4.98 Å². The van der Waals surface area contributed by atoms with E-state index in [4.69, 9.17) is 4.98 Å². The quantitative estimate of drug-likeness (QED) is 0.409. The summed E-state index contributed by atoms with van der Waals surface area (Å²) in [6, 6.07) is 23.1. The second kappa shape index (κ2) is 7.65. The molecule has 6 nitrogen and oxygen atoms in total. The van der Waals surface area contributed by atoms with E-state index in [0.717, 1.165) is 29.0 Å². The third kappa shape index (κ3) is 3.42. The fraction of sp³-hybridized carbons (Fsp3) is 0.120. The molecule has 0 bridgehead atoms. The van der Waals surface area contributed by atoms with Crippen LogP contribution in [-0.4, -0.2) is 25.4 Å². The highest BCUT2D eigenvalue weighted by atomic mass is 16.1. The standard InChI is InChI=1S/C25H21N5O/c1-3-17-9-12-20(13-10-17)26-24-25-29-28-16(2)30(25)22-15-19(11-14-21(22)27-24)23(31)18-7-5-4-6-8-18/h4-15H,3H2,1-2H3,(H,26,27). The van der Waals surface area contributed by atoms with E-state index in [-0.39, 0.29) is 5.78 Å². The van der Waals surface area contributed by atoms with Crippen LogP contribution in [-0.2, 0) is 6.42 Å². The molecule has 0 aliphatic heterocycles. The molecule has 6 heteroatoms. The van der Waals surface area contributed by atoms with E-state index in [0.29, 0.717) is 22.6 Å². The van der Waals surface area contributed by atoms with Crippen molar-refractivity contribution in [1.29, 1.82) is 0 Å². The van der Waals surface area contributed by atoms with E-state index in [2.05, 4.69) is 34.6 Å². The predicted octanol–water partition coefficient (Wildman–Crippen LogP) is 5.12. The van der Waals surface area contributed by atoms with E-state index in [1.165, 1.54) is 5.56 Å². The molecule has 5 aromatic rings. The molecule has 0 amide bonds. The summed E-state index contributed by atoms with van der Waals surface area (Å²) in [5.41, 5.74) is 5.64. The highest BCUT2D eigenvalue weighted by Gasteiger charge is 2.16. The van der Waals surface area contributed by atoms with Gasteiger partial charge < -0.3 is 5.32 Å². The first kappa shape index (κ1) is 18.9. The lowest BCUT2D eigenvalue weighted by Crippen LogP contribution is -2.04. The fourth-order valence-corrected chi connectivity index (χ4v) is 3.71. The van der Waals surface area contributed by atoms with Crippen molar-refractivity contribution in [2.75, 3.05) is 5.32 Å². The van der Waals surface area contributed by atoms with Crippen molar-refractivity contribution < 1.29 is 4.79 Å². The number of aromatic nitrogens is 4. The van der Waals surface area contributed by atoms with E-state index in [1.807, 2.05) is 72.0 Å². The molecule has 152 valence electrons. The average molecular weight is 407 g/mol. The van der Waals surface area contributed by atoms with Crippen LogP contribution in [0.25, 0.3) is 16.7 Å². The van der Waals surface area contributed by atoms with Gasteiger partial charge in [-0.2, -0.15) is 0 Å². The number of nitrogens with zero attached hydrogens (tertiary/aromatic N) is 4. The normalized spacial score (nSPS) is 11.2. The van der Waals surface area contributed by atoms with Gasteiger partial charge >= 0.3 is 0 Å². The first-order valence-corrected chi connectivity index (χ1v) is 10.3. The number of hydrogen-bond acceptors (Lipinski definition) is 5. The number of anilines is 2. The molecule has 0 radical (unpaired) electrons. The molecule has 0 saturated carbocycles. The largest absolute Gasteiger partial charge is 0.337 e. The molecular weight excluding hydrogens is 386 g/mol. The average Bonchev–Trinajstić information content (AvgIpc) is 3.22. The highest BCUT2D eigenvalue weighted by molar-refractivity contribution is 6.10. The van der Waals surface area contributed by atoms with Crippen molar-refractivity contribution in [2.45, 2.75) is 20.3 Å². The molecule has 31 heavy (non-hydrogen) atoms. The van der Waals surface area contributed by atoms with Crippen molar-refractivity contribution in [3.63, 3.8) is 0 Å². The van der Waals surface area contributed by atoms with Crippen LogP contribution in [0.4, 0.5) is 11.5 Å². The number of benzene rings is 3. The van der Waals surface area contributed by atoms with Crippen LogP contribution >= 0.6 is 0 Å². The van der Waals surface area contributed by atoms with Gasteiger partial charge in [-0.15, -0.1) is 10.2 Å². The summed E-state index contributed by atoms with van der Waals surface area (Å²) in [4.78, 5) is 17.7. The van der Waals surface area contributed by atoms with Crippen LogP contribution in [0.5, 0.6) is 0 Å². The van der Waals surface area contributed by atoms with Gasteiger partial charge in [0.25, 0.3) is 0 Å². The molecule has 0 aliphatic rings. The van der Waals surface area contributed by atoms with Crippen molar-refractivity contribution in [2.24, 2.45) is 0 Å². The number of nitrogens with one attached hydrogen (secondary N) is 1. The zero-order chi connectivity index (χ0) is 21.4. The van der Waals surface area contributed by atoms with Gasteiger partial charge in [0.2, 0.25) is 5.65 Å². The summed E-state index contributed by atoms with van der Waals surface area (Å²) in [7, 11) is 0. The van der Waals surface area contributed by atoms with E-state index < -0.39 is 0 Å². The van der Waals surface area contributed by atoms with Gasteiger partial charge in [-0.3, -0.25) is 9.20 Å². The summed E-state index contributed by atoms with van der Waals surface area (Å²) in [5, 5.41) is 12.0. The van der Waals surface area contributed by atoms with Crippen molar-refractivity contribution in [3.05, 3.63) is 95.3 Å². The SMILES string of the molecule is CCc1ccc(Nc2nc3ccc(C(=O)c4ccccc4)cc3n3c(C)nnc23)cc1. The maximum Gasteiger partial charge on any atom is 0.204 e. The number of fused-ring (bicyclic) bond motifs is 3. The molecule has 0 atom stereocenters. The molecule has 0 saturated heterocycles. The summed E-state index contributed by atoms with van der Waals surface area (Å²) >= 11 is 0. The Kier molecular flexibility index (Phi) is 4.67. The second-order valence-corrected chi connectivity index (χ2v) is 7.44. The fourth-order valence-electron chi connectivity index (χ4n) is 3.71. The maximum absolute atomic E-state index is 12.9. The van der Waals surface area contributed by atoms with E-state index in [9.17, 15) is 4.79 Å². The van der Waals surface area contributed by atoms with Crippen molar-refractivity contribution in [3.8, 4) is 0 Å². The van der Waals surface area contributed by atoms with Gasteiger partial charge in [0.1, 0.15) is 5.82 Å². The second-order valence-electron chi connectivity index (χ2n) is 7.44. The zero-order valence-electron chi connectivity index (χ0n) is 17.3. The molecule has 5 rings (SSSR count). The van der Waals surface area contributed by atoms with Gasteiger partial charge in [0, 0.05) is 16.8 Å². The molecule has 3 aromatic carbocycles. The van der Waals surface area contributed by atoms with Crippen molar-refractivity contribution in [1.82, 2.24) is 19.6 Å². The van der Waals surface area contributed by atoms with Crippen LogP contribution < -0.4 is 5.32 Å². The van der Waals surface area contributed by atoms with Gasteiger partial charge in [-0.1, -0.05) is 49.4 Å². The van der Waals surface area contributed by atoms with E-state index in [1.54, 1.807) is 0 Å². The smallest absolute Gasteiger partial charge is 0.204 e. The topological polar surface area (TPSA) is 72.2 Å². The van der Waals surface area contributed by atoms with Gasteiger partial charge in [-0.05, 0) is 49.2 Å². The minimum Gasteiger partial charge on any atom is -0.337 e. The van der Waals surface area contributed by atoms with Gasteiger partial charge in [0.15, 0.2) is 11.6 Å². The Labute approximate surface area is 179 Å². The minimum atomic E-state index is -0.0282. The van der Waals surface area contributed by atoms with Crippen LogP contribution in [0.3, 0.4) is 0 Å². The van der Waals surface area contributed by atoms with Crippen LogP contribution in [0.2, 0.25) is 0 Å². The molecule has 2 heterocycles. The Morgan fingerprint density at radius 3 is 2.45 bits per heavy atom.